The van der Waals surface area contributed by atoms with Crippen LogP contribution in [0.3, 0.4) is 0 Å². The number of nitrogens with two attached hydrogens (primary N) is 1. The molecule has 0 aromatic carbocycles. The highest BCUT2D eigenvalue weighted by molar-refractivity contribution is 5.75. The number of rotatable bonds is 10. The van der Waals surface area contributed by atoms with Crippen LogP contribution < -0.4 is 11.1 Å². The molecule has 0 heterocycles. The van der Waals surface area contributed by atoms with Crippen LogP contribution in [0, 0.1) is 5.92 Å². The van der Waals surface area contributed by atoms with Crippen LogP contribution in [-0.4, -0.2) is 18.0 Å². The fourth-order valence-electron chi connectivity index (χ4n) is 1.78. The third kappa shape index (κ3) is 13.5. The number of carbonyl (C=O) groups excluding carboxylic acids is 1. The van der Waals surface area contributed by atoms with Crippen molar-refractivity contribution in [2.45, 2.75) is 78.2 Å². The highest BCUT2D eigenvalue weighted by atomic mass is 16.1. The summed E-state index contributed by atoms with van der Waals surface area (Å²) in [7, 11) is 0. The van der Waals surface area contributed by atoms with Gasteiger partial charge in [0.05, 0.1) is 0 Å². The summed E-state index contributed by atoms with van der Waals surface area (Å²) in [5.41, 5.74) is 5.60. The van der Waals surface area contributed by atoms with Gasteiger partial charge in [0.25, 0.3) is 0 Å². The van der Waals surface area contributed by atoms with Crippen molar-refractivity contribution in [2.24, 2.45) is 11.7 Å². The monoisotopic (exact) mass is 256 g/mol. The van der Waals surface area contributed by atoms with E-state index >= 15 is 0 Å². The first-order valence-electron chi connectivity index (χ1n) is 7.37. The second kappa shape index (κ2) is 9.37. The summed E-state index contributed by atoms with van der Waals surface area (Å²) in [6, 6.07) is 0. The summed E-state index contributed by atoms with van der Waals surface area (Å²) in [6.07, 6.45) is 7.50. The minimum absolute atomic E-state index is 0.135. The van der Waals surface area contributed by atoms with Crippen molar-refractivity contribution < 1.29 is 4.79 Å². The molecule has 0 spiro atoms. The predicted octanol–water partition coefficient (Wildman–Crippen LogP) is 3.23. The van der Waals surface area contributed by atoms with Crippen LogP contribution >= 0.6 is 0 Å². The lowest BCUT2D eigenvalue weighted by Crippen LogP contribution is -2.34. The van der Waals surface area contributed by atoms with Gasteiger partial charge in [-0.3, -0.25) is 4.79 Å². The van der Waals surface area contributed by atoms with Crippen molar-refractivity contribution in [1.82, 2.24) is 5.32 Å². The molecule has 3 nitrogen and oxygen atoms in total. The maximum atomic E-state index is 11.5. The van der Waals surface area contributed by atoms with Gasteiger partial charge in [0.15, 0.2) is 0 Å². The van der Waals surface area contributed by atoms with Gasteiger partial charge < -0.3 is 11.1 Å². The molecule has 0 rings (SSSR count). The van der Waals surface area contributed by atoms with Crippen LogP contribution in [0.15, 0.2) is 0 Å². The number of amides is 1. The molecule has 0 unspecified atom stereocenters. The molecule has 108 valence electrons. The molecule has 0 aliphatic heterocycles. The van der Waals surface area contributed by atoms with Crippen molar-refractivity contribution in [1.29, 1.82) is 0 Å². The molecular formula is C15H32N2O. The molecule has 0 bridgehead atoms. The SMILES string of the molecule is CC(C)CCCCCCNC(=O)CCC(C)(C)N. The Balaban J connectivity index is 3.31. The molecule has 0 aromatic rings. The first kappa shape index (κ1) is 17.4. The highest BCUT2D eigenvalue weighted by Crippen LogP contribution is 2.09. The standard InChI is InChI=1S/C15H32N2O/c1-13(2)9-7-5-6-8-12-17-14(18)10-11-15(3,4)16/h13H,5-12,16H2,1-4H3,(H,17,18). The van der Waals surface area contributed by atoms with Gasteiger partial charge >= 0.3 is 0 Å². The largest absolute Gasteiger partial charge is 0.356 e. The second-order valence-corrected chi connectivity index (χ2v) is 6.44. The van der Waals surface area contributed by atoms with Crippen LogP contribution in [0.5, 0.6) is 0 Å². The van der Waals surface area contributed by atoms with Gasteiger partial charge in [-0.1, -0.05) is 39.5 Å². The maximum absolute atomic E-state index is 11.5. The van der Waals surface area contributed by atoms with E-state index in [1.54, 1.807) is 0 Å². The number of hydrogen-bond acceptors (Lipinski definition) is 2. The van der Waals surface area contributed by atoms with Gasteiger partial charge in [-0.25, -0.2) is 0 Å². The van der Waals surface area contributed by atoms with Gasteiger partial charge in [0.2, 0.25) is 5.91 Å². The van der Waals surface area contributed by atoms with Crippen LogP contribution in [0.2, 0.25) is 0 Å². The second-order valence-electron chi connectivity index (χ2n) is 6.44. The lowest BCUT2D eigenvalue weighted by atomic mass is 10.00. The molecule has 0 saturated heterocycles. The van der Waals surface area contributed by atoms with E-state index in [2.05, 4.69) is 19.2 Å². The average molecular weight is 256 g/mol. The van der Waals surface area contributed by atoms with Crippen LogP contribution in [0.1, 0.15) is 72.6 Å². The molecule has 0 atom stereocenters. The smallest absolute Gasteiger partial charge is 0.220 e. The fraction of sp³-hybridized carbons (Fsp3) is 0.933. The van der Waals surface area contributed by atoms with E-state index in [1.165, 1.54) is 25.7 Å². The Labute approximate surface area is 113 Å². The lowest BCUT2D eigenvalue weighted by Gasteiger charge is -2.17. The van der Waals surface area contributed by atoms with Crippen LogP contribution in [0.25, 0.3) is 0 Å². The molecule has 0 aliphatic rings. The first-order chi connectivity index (χ1) is 8.31. The maximum Gasteiger partial charge on any atom is 0.220 e. The molecular weight excluding hydrogens is 224 g/mol. The minimum Gasteiger partial charge on any atom is -0.356 e. The normalized spacial score (nSPS) is 11.9. The third-order valence-electron chi connectivity index (χ3n) is 3.03. The van der Waals surface area contributed by atoms with Crippen molar-refractivity contribution in [3.05, 3.63) is 0 Å². The summed E-state index contributed by atoms with van der Waals surface area (Å²) < 4.78 is 0. The Morgan fingerprint density at radius 2 is 1.78 bits per heavy atom. The van der Waals surface area contributed by atoms with E-state index in [1.807, 2.05) is 13.8 Å². The highest BCUT2D eigenvalue weighted by Gasteiger charge is 2.12. The van der Waals surface area contributed by atoms with E-state index in [9.17, 15) is 4.79 Å². The van der Waals surface area contributed by atoms with Gasteiger partial charge in [-0.05, 0) is 32.6 Å². The van der Waals surface area contributed by atoms with Gasteiger partial charge in [-0.15, -0.1) is 0 Å². The van der Waals surface area contributed by atoms with Crippen LogP contribution in [-0.2, 0) is 4.79 Å². The van der Waals surface area contributed by atoms with E-state index in [-0.39, 0.29) is 11.4 Å². The molecule has 0 aromatic heterocycles. The van der Waals surface area contributed by atoms with Crippen LogP contribution in [0.4, 0.5) is 0 Å². The predicted molar refractivity (Wildman–Crippen MR) is 78.4 cm³/mol. The van der Waals surface area contributed by atoms with E-state index in [0.29, 0.717) is 6.42 Å². The zero-order valence-corrected chi connectivity index (χ0v) is 12.7. The van der Waals surface area contributed by atoms with E-state index < -0.39 is 0 Å². The third-order valence-corrected chi connectivity index (χ3v) is 3.03. The fourth-order valence-corrected chi connectivity index (χ4v) is 1.78. The first-order valence-corrected chi connectivity index (χ1v) is 7.37. The topological polar surface area (TPSA) is 55.1 Å². The Morgan fingerprint density at radius 1 is 1.17 bits per heavy atom. The summed E-state index contributed by atoms with van der Waals surface area (Å²) in [5, 5.41) is 2.96. The molecule has 0 fully saturated rings. The Bertz CT molecular complexity index is 219. The number of nitrogens with one attached hydrogen (secondary N) is 1. The molecule has 18 heavy (non-hydrogen) atoms. The minimum atomic E-state index is -0.242. The van der Waals surface area contributed by atoms with Gasteiger partial charge in [-0.2, -0.15) is 0 Å². The van der Waals surface area contributed by atoms with Crippen molar-refractivity contribution >= 4 is 5.91 Å². The van der Waals surface area contributed by atoms with E-state index in [4.69, 9.17) is 5.73 Å². The van der Waals surface area contributed by atoms with Gasteiger partial charge in [0.1, 0.15) is 0 Å². The zero-order chi connectivity index (χ0) is 14.0. The molecule has 1 amide bonds. The van der Waals surface area contributed by atoms with Gasteiger partial charge in [0, 0.05) is 18.5 Å². The number of unbranched alkanes of at least 4 members (excludes halogenated alkanes) is 3. The summed E-state index contributed by atoms with van der Waals surface area (Å²) in [6.45, 7) is 9.24. The molecule has 0 radical (unpaired) electrons. The Kier molecular flexibility index (Phi) is 9.08. The Hall–Kier alpha value is -0.570. The molecule has 3 N–H and O–H groups in total. The summed E-state index contributed by atoms with van der Waals surface area (Å²) in [4.78, 5) is 11.5. The average Bonchev–Trinajstić information content (AvgIpc) is 2.23. The van der Waals surface area contributed by atoms with E-state index in [0.717, 1.165) is 25.3 Å². The molecule has 3 heteroatoms. The number of hydrogen-bond donors (Lipinski definition) is 2. The van der Waals surface area contributed by atoms with Crippen molar-refractivity contribution in [3.63, 3.8) is 0 Å². The number of carbonyl (C=O) groups is 1. The Morgan fingerprint density at radius 3 is 2.33 bits per heavy atom. The summed E-state index contributed by atoms with van der Waals surface area (Å²) in [5.74, 6) is 0.944. The van der Waals surface area contributed by atoms with Crippen molar-refractivity contribution in [3.8, 4) is 0 Å². The zero-order valence-electron chi connectivity index (χ0n) is 12.7. The molecule has 0 saturated carbocycles. The van der Waals surface area contributed by atoms with Crippen molar-refractivity contribution in [2.75, 3.05) is 6.54 Å². The quantitative estimate of drug-likeness (QED) is 0.590. The lowest BCUT2D eigenvalue weighted by molar-refractivity contribution is -0.121. The summed E-state index contributed by atoms with van der Waals surface area (Å²) >= 11 is 0. The molecule has 0 aliphatic carbocycles.